The monoisotopic (exact) mass is 604 g/mol. The number of methoxy groups -OCH3 is 1. The summed E-state index contributed by atoms with van der Waals surface area (Å²) in [5.74, 6) is -1.12. The van der Waals surface area contributed by atoms with Crippen molar-refractivity contribution in [3.63, 3.8) is 0 Å². The number of fused-ring (bicyclic) bond motifs is 2. The maximum atomic E-state index is 14.6. The molecule has 2 aromatic carbocycles. The molecule has 5 rings (SSSR count). The number of aromatic nitrogens is 2. The molecule has 0 saturated carbocycles. The molecular weight excluding hydrogens is 576 g/mol. The number of rotatable bonds is 9. The van der Waals surface area contributed by atoms with Gasteiger partial charge in [-0.2, -0.15) is 13.2 Å². The van der Waals surface area contributed by atoms with Crippen molar-refractivity contribution in [2.24, 2.45) is 5.73 Å². The Morgan fingerprint density at radius 2 is 2.00 bits per heavy atom. The number of nitrogens with zero attached hydrogens (tertiary/aromatic N) is 1. The van der Waals surface area contributed by atoms with Crippen molar-refractivity contribution < 1.29 is 46.8 Å². The molecule has 0 saturated heterocycles. The summed E-state index contributed by atoms with van der Waals surface area (Å²) < 4.78 is 74.6. The van der Waals surface area contributed by atoms with Gasteiger partial charge in [0.05, 0.1) is 37.0 Å². The van der Waals surface area contributed by atoms with Crippen LogP contribution in [-0.2, 0) is 11.1 Å². The van der Waals surface area contributed by atoms with Crippen molar-refractivity contribution in [3.05, 3.63) is 71.3 Å². The second-order valence-electron chi connectivity index (χ2n) is 10.3. The van der Waals surface area contributed by atoms with Crippen LogP contribution in [0.3, 0.4) is 0 Å². The zero-order valence-corrected chi connectivity index (χ0v) is 23.0. The molecule has 0 aliphatic carbocycles. The summed E-state index contributed by atoms with van der Waals surface area (Å²) in [6, 6.07) is 9.13. The second kappa shape index (κ2) is 11.0. The SMILES string of the molecule is COc1cc(C(=O)NCC(O)(c2cc3c(c(-c4c[nH]c5c(F)cccc45)n2)OCC3(C)N)C(F)(F)F)ccc1OCCO. The number of nitrogens with two attached hydrogens (primary N) is 1. The summed E-state index contributed by atoms with van der Waals surface area (Å²) in [7, 11) is 1.30. The smallest absolute Gasteiger partial charge is 0.424 e. The van der Waals surface area contributed by atoms with E-state index in [1.54, 1.807) is 13.0 Å². The lowest BCUT2D eigenvalue weighted by molar-refractivity contribution is -0.265. The maximum Gasteiger partial charge on any atom is 0.424 e. The summed E-state index contributed by atoms with van der Waals surface area (Å²) in [5.41, 5.74) is 0.911. The van der Waals surface area contributed by atoms with Gasteiger partial charge in [-0.1, -0.05) is 12.1 Å². The number of carbonyl (C=O) groups is 1. The van der Waals surface area contributed by atoms with Gasteiger partial charge in [0.1, 0.15) is 24.7 Å². The van der Waals surface area contributed by atoms with Crippen LogP contribution in [0.1, 0.15) is 28.5 Å². The van der Waals surface area contributed by atoms with E-state index in [1.807, 2.05) is 0 Å². The third kappa shape index (κ3) is 5.32. The van der Waals surface area contributed by atoms with Crippen LogP contribution in [0.5, 0.6) is 17.2 Å². The summed E-state index contributed by atoms with van der Waals surface area (Å²) in [6.07, 6.45) is -3.93. The van der Waals surface area contributed by atoms with Crippen LogP contribution in [0.15, 0.2) is 48.7 Å². The summed E-state index contributed by atoms with van der Waals surface area (Å²) >= 11 is 0. The lowest BCUT2D eigenvalue weighted by Gasteiger charge is -2.31. The Morgan fingerprint density at radius 3 is 2.70 bits per heavy atom. The van der Waals surface area contributed by atoms with Gasteiger partial charge >= 0.3 is 6.18 Å². The molecule has 0 fully saturated rings. The topological polar surface area (TPSA) is 152 Å². The number of H-pyrrole nitrogens is 1. The number of nitrogens with one attached hydrogen (secondary N) is 2. The highest BCUT2D eigenvalue weighted by Gasteiger charge is 2.57. The number of para-hydroxylation sites is 1. The van der Waals surface area contributed by atoms with E-state index in [-0.39, 0.29) is 65.0 Å². The van der Waals surface area contributed by atoms with Crippen LogP contribution in [0.4, 0.5) is 17.6 Å². The number of alkyl halides is 3. The Balaban J connectivity index is 1.55. The molecule has 43 heavy (non-hydrogen) atoms. The molecule has 0 radical (unpaired) electrons. The number of aliphatic hydroxyl groups excluding tert-OH is 1. The third-order valence-electron chi connectivity index (χ3n) is 7.20. The average molecular weight is 605 g/mol. The Labute approximate surface area is 242 Å². The number of ether oxygens (including phenoxy) is 3. The number of benzene rings is 2. The van der Waals surface area contributed by atoms with E-state index in [0.29, 0.717) is 5.39 Å². The molecule has 3 heterocycles. The summed E-state index contributed by atoms with van der Waals surface area (Å²) in [4.78, 5) is 19.9. The van der Waals surface area contributed by atoms with Crippen molar-refractivity contribution in [1.82, 2.24) is 15.3 Å². The third-order valence-corrected chi connectivity index (χ3v) is 7.20. The van der Waals surface area contributed by atoms with Gasteiger partial charge in [-0.15, -0.1) is 0 Å². The van der Waals surface area contributed by atoms with Gasteiger partial charge in [0, 0.05) is 28.3 Å². The molecule has 4 aromatic rings. The number of aliphatic hydroxyl groups is 2. The van der Waals surface area contributed by atoms with Gasteiger partial charge in [0.25, 0.3) is 5.91 Å². The van der Waals surface area contributed by atoms with Crippen LogP contribution in [-0.4, -0.2) is 65.7 Å². The maximum absolute atomic E-state index is 14.6. The number of hydrogen-bond acceptors (Lipinski definition) is 8. The first-order chi connectivity index (χ1) is 20.3. The first kappa shape index (κ1) is 30.1. The van der Waals surface area contributed by atoms with Crippen molar-refractivity contribution in [3.8, 4) is 28.5 Å². The van der Waals surface area contributed by atoms with E-state index in [4.69, 9.17) is 25.1 Å². The van der Waals surface area contributed by atoms with E-state index < -0.39 is 41.3 Å². The fraction of sp³-hybridized carbons (Fsp3) is 0.310. The molecule has 10 nitrogen and oxygen atoms in total. The zero-order valence-electron chi connectivity index (χ0n) is 23.0. The van der Waals surface area contributed by atoms with Crippen molar-refractivity contribution >= 4 is 16.8 Å². The lowest BCUT2D eigenvalue weighted by atomic mass is 9.89. The van der Waals surface area contributed by atoms with Crippen molar-refractivity contribution in [1.29, 1.82) is 0 Å². The molecule has 6 N–H and O–H groups in total. The van der Waals surface area contributed by atoms with Gasteiger partial charge in [0.2, 0.25) is 5.60 Å². The molecule has 1 aliphatic heterocycles. The van der Waals surface area contributed by atoms with Gasteiger partial charge in [-0.25, -0.2) is 9.37 Å². The van der Waals surface area contributed by atoms with Crippen LogP contribution < -0.4 is 25.3 Å². The molecule has 228 valence electrons. The first-order valence-electron chi connectivity index (χ1n) is 13.0. The van der Waals surface area contributed by atoms with Crippen molar-refractivity contribution in [2.45, 2.75) is 24.2 Å². The average Bonchev–Trinajstić information content (AvgIpc) is 3.54. The number of halogens is 4. The lowest BCUT2D eigenvalue weighted by Crippen LogP contribution is -2.51. The van der Waals surface area contributed by atoms with Crippen LogP contribution >= 0.6 is 0 Å². The van der Waals surface area contributed by atoms with Gasteiger partial charge in [-0.05, 0) is 37.3 Å². The minimum atomic E-state index is -5.31. The van der Waals surface area contributed by atoms with Gasteiger partial charge in [-0.3, -0.25) is 4.79 Å². The number of carbonyl (C=O) groups excluding carboxylic acids is 1. The quantitative estimate of drug-likeness (QED) is 0.182. The molecule has 1 amide bonds. The highest BCUT2D eigenvalue weighted by atomic mass is 19.4. The normalized spacial score (nSPS) is 17.7. The standard InChI is InChI=1S/C29H28F4N4O6/c1-27(34)14-43-25-18(27)11-22(37-24(25)17-12-35-23-16(17)4-3-5-19(23)30)28(40,29(31,32)33)13-36-26(39)15-6-7-20(42-9-8-38)21(10-15)41-2/h3-7,10-12,35,38,40H,8-9,13-14,34H2,1-2H3,(H,36,39). The van der Waals surface area contributed by atoms with Gasteiger partial charge < -0.3 is 40.5 Å². The van der Waals surface area contributed by atoms with Gasteiger partial charge in [0.15, 0.2) is 17.2 Å². The van der Waals surface area contributed by atoms with E-state index in [0.717, 1.165) is 6.07 Å². The molecular formula is C29H28F4N4O6. The highest BCUT2D eigenvalue weighted by molar-refractivity contribution is 5.97. The Bertz CT molecular complexity index is 1690. The predicted octanol–water partition coefficient (Wildman–Crippen LogP) is 3.49. The fourth-order valence-electron chi connectivity index (χ4n) is 4.84. The molecule has 14 heteroatoms. The van der Waals surface area contributed by atoms with Crippen LogP contribution in [0.25, 0.3) is 22.2 Å². The first-order valence-corrected chi connectivity index (χ1v) is 13.0. The second-order valence-corrected chi connectivity index (χ2v) is 10.3. The number of pyridine rings is 1. The zero-order chi connectivity index (χ0) is 31.2. The molecule has 2 aromatic heterocycles. The molecule has 2 atom stereocenters. The summed E-state index contributed by atoms with van der Waals surface area (Å²) in [6.45, 7) is -0.158. The molecule has 0 spiro atoms. The number of amides is 1. The van der Waals surface area contributed by atoms with Crippen LogP contribution in [0.2, 0.25) is 0 Å². The predicted molar refractivity (Wildman–Crippen MR) is 146 cm³/mol. The minimum absolute atomic E-state index is 0.0450. The van der Waals surface area contributed by atoms with Crippen LogP contribution in [0, 0.1) is 5.82 Å². The van der Waals surface area contributed by atoms with E-state index >= 15 is 0 Å². The van der Waals surface area contributed by atoms with E-state index in [1.165, 1.54) is 43.6 Å². The largest absolute Gasteiger partial charge is 0.493 e. The van der Waals surface area contributed by atoms with Crippen molar-refractivity contribution in [2.75, 3.05) is 33.5 Å². The number of aromatic amines is 1. The Morgan fingerprint density at radius 1 is 1.23 bits per heavy atom. The Hall–Kier alpha value is -4.40. The van der Waals surface area contributed by atoms with E-state index in [9.17, 15) is 27.5 Å². The minimum Gasteiger partial charge on any atom is -0.493 e. The molecule has 2 unspecified atom stereocenters. The fourth-order valence-corrected chi connectivity index (χ4v) is 4.84. The Kier molecular flexibility index (Phi) is 7.71. The van der Waals surface area contributed by atoms with E-state index in [2.05, 4.69) is 15.3 Å². The highest BCUT2D eigenvalue weighted by Crippen LogP contribution is 2.47. The number of hydrogen-bond donors (Lipinski definition) is 5. The molecule has 1 aliphatic rings. The summed E-state index contributed by atoms with van der Waals surface area (Å²) in [5, 5.41) is 22.6. The molecule has 0 bridgehead atoms.